The summed E-state index contributed by atoms with van der Waals surface area (Å²) >= 11 is 0. The van der Waals surface area contributed by atoms with Gasteiger partial charge in [0.1, 0.15) is 0 Å². The van der Waals surface area contributed by atoms with Gasteiger partial charge in [-0.2, -0.15) is 5.10 Å². The first-order valence-electron chi connectivity index (χ1n) is 10.6. The molecule has 1 aliphatic heterocycles. The Morgan fingerprint density at radius 2 is 2.00 bits per heavy atom. The van der Waals surface area contributed by atoms with E-state index in [1.165, 1.54) is 0 Å². The van der Waals surface area contributed by atoms with Crippen LogP contribution in [0.3, 0.4) is 0 Å². The van der Waals surface area contributed by atoms with Gasteiger partial charge in [0.25, 0.3) is 5.91 Å². The summed E-state index contributed by atoms with van der Waals surface area (Å²) in [5.41, 5.74) is 4.57. The average molecular weight is 409 g/mol. The quantitative estimate of drug-likeness (QED) is 0.605. The molecule has 30 heavy (non-hydrogen) atoms. The van der Waals surface area contributed by atoms with Crippen LogP contribution in [0, 0.1) is 13.8 Å². The fraction of sp³-hybridized carbons (Fsp3) is 0.478. The van der Waals surface area contributed by atoms with E-state index in [1.54, 1.807) is 0 Å². The normalized spacial score (nSPS) is 16.9. The Kier molecular flexibility index (Phi) is 5.70. The molecule has 0 N–H and O–H groups in total. The topological polar surface area (TPSA) is 76.8 Å². The van der Waals surface area contributed by atoms with Crippen molar-refractivity contribution >= 4 is 28.4 Å². The molecule has 158 valence electrons. The molecule has 0 saturated carbocycles. The first kappa shape index (κ1) is 20.3. The van der Waals surface area contributed by atoms with Crippen molar-refractivity contribution in [3.8, 4) is 0 Å². The Morgan fingerprint density at radius 1 is 1.20 bits per heavy atom. The molecule has 1 unspecified atom stereocenters. The van der Waals surface area contributed by atoms with Gasteiger partial charge in [-0.25, -0.2) is 9.50 Å². The minimum atomic E-state index is -0.363. The molecule has 3 heterocycles. The highest BCUT2D eigenvalue weighted by molar-refractivity contribution is 5.92. The zero-order chi connectivity index (χ0) is 21.3. The number of hydrogen-bond acceptors (Lipinski definition) is 5. The monoisotopic (exact) mass is 408 g/mol. The van der Waals surface area contributed by atoms with Crippen molar-refractivity contribution in [3.05, 3.63) is 41.2 Å². The number of benzene rings is 1. The van der Waals surface area contributed by atoms with Crippen LogP contribution in [0.15, 0.2) is 24.3 Å². The van der Waals surface area contributed by atoms with Crippen molar-refractivity contribution in [3.63, 3.8) is 0 Å². The number of rotatable bonds is 5. The van der Waals surface area contributed by atoms with E-state index in [1.807, 2.05) is 54.5 Å². The molecule has 2 aromatic heterocycles. The third-order valence-electron chi connectivity index (χ3n) is 6.08. The van der Waals surface area contributed by atoms with Crippen LogP contribution in [0.2, 0.25) is 0 Å². The fourth-order valence-corrected chi connectivity index (χ4v) is 4.33. The van der Waals surface area contributed by atoms with Gasteiger partial charge in [0.2, 0.25) is 0 Å². The third-order valence-corrected chi connectivity index (χ3v) is 6.08. The van der Waals surface area contributed by atoms with Crippen molar-refractivity contribution in [1.29, 1.82) is 0 Å². The maximum atomic E-state index is 12.4. The van der Waals surface area contributed by atoms with Crippen molar-refractivity contribution < 1.29 is 14.3 Å². The molecular weight excluding hydrogens is 380 g/mol. The predicted molar refractivity (Wildman–Crippen MR) is 114 cm³/mol. The predicted octanol–water partition coefficient (Wildman–Crippen LogP) is 3.38. The number of nitrogens with zero attached hydrogens (tertiary/aromatic N) is 4. The smallest absolute Gasteiger partial charge is 0.306 e. The minimum Gasteiger partial charge on any atom is -0.456 e. The minimum absolute atomic E-state index is 0.103. The molecule has 7 nitrogen and oxygen atoms in total. The molecule has 7 heteroatoms. The van der Waals surface area contributed by atoms with E-state index >= 15 is 0 Å². The van der Waals surface area contributed by atoms with Gasteiger partial charge in [-0.3, -0.25) is 9.59 Å². The van der Waals surface area contributed by atoms with Crippen LogP contribution >= 0.6 is 0 Å². The lowest BCUT2D eigenvalue weighted by atomic mass is 10.0. The van der Waals surface area contributed by atoms with E-state index in [4.69, 9.17) is 9.72 Å². The summed E-state index contributed by atoms with van der Waals surface area (Å²) in [4.78, 5) is 31.2. The van der Waals surface area contributed by atoms with E-state index in [0.29, 0.717) is 6.42 Å². The standard InChI is InChI=1S/C23H28N4O3/c1-15-8-6-7-13-26(15)21(28)14-30-22(29)12-11-18-16(2)24-23-19-9-4-5-10-20(19)25-27(23)17(18)3/h4-5,9-10,15H,6-8,11-14H2,1-3H3. The molecule has 1 saturated heterocycles. The van der Waals surface area contributed by atoms with Crippen LogP contribution in [0.5, 0.6) is 0 Å². The number of fused-ring (bicyclic) bond motifs is 3. The van der Waals surface area contributed by atoms with Crippen molar-refractivity contribution in [2.75, 3.05) is 13.2 Å². The molecule has 3 aromatic rings. The van der Waals surface area contributed by atoms with Gasteiger partial charge < -0.3 is 9.64 Å². The van der Waals surface area contributed by atoms with Crippen LogP contribution < -0.4 is 0 Å². The molecule has 0 radical (unpaired) electrons. The molecule has 1 aliphatic rings. The maximum absolute atomic E-state index is 12.4. The number of likely N-dealkylation sites (tertiary alicyclic amines) is 1. The summed E-state index contributed by atoms with van der Waals surface area (Å²) in [6.45, 7) is 6.57. The Bertz CT molecular complexity index is 1100. The SMILES string of the molecule is Cc1nc2c3ccccc3nn2c(C)c1CCC(=O)OCC(=O)N1CCCCC1C. The van der Waals surface area contributed by atoms with Crippen LogP contribution in [0.4, 0.5) is 0 Å². The number of hydrogen-bond donors (Lipinski definition) is 0. The van der Waals surface area contributed by atoms with E-state index in [0.717, 1.165) is 59.3 Å². The summed E-state index contributed by atoms with van der Waals surface area (Å²) < 4.78 is 7.12. The number of aryl methyl sites for hydroxylation is 2. The van der Waals surface area contributed by atoms with Gasteiger partial charge in [-0.15, -0.1) is 0 Å². The zero-order valence-electron chi connectivity index (χ0n) is 17.9. The molecule has 0 aliphatic carbocycles. The summed E-state index contributed by atoms with van der Waals surface area (Å²) in [7, 11) is 0. The first-order chi connectivity index (χ1) is 14.5. The van der Waals surface area contributed by atoms with Crippen molar-refractivity contribution in [1.82, 2.24) is 19.5 Å². The Hall–Kier alpha value is -2.96. The lowest BCUT2D eigenvalue weighted by Gasteiger charge is -2.33. The van der Waals surface area contributed by atoms with E-state index in [-0.39, 0.29) is 30.9 Å². The molecule has 0 bridgehead atoms. The highest BCUT2D eigenvalue weighted by Gasteiger charge is 2.24. The molecule has 1 atom stereocenters. The highest BCUT2D eigenvalue weighted by atomic mass is 16.5. The van der Waals surface area contributed by atoms with Crippen LogP contribution in [0.1, 0.15) is 49.6 Å². The van der Waals surface area contributed by atoms with E-state index in [2.05, 4.69) is 5.10 Å². The fourth-order valence-electron chi connectivity index (χ4n) is 4.33. The largest absolute Gasteiger partial charge is 0.456 e. The molecule has 4 rings (SSSR count). The second-order valence-corrected chi connectivity index (χ2v) is 8.11. The number of amides is 1. The average Bonchev–Trinajstić information content (AvgIpc) is 3.11. The summed E-state index contributed by atoms with van der Waals surface area (Å²) in [5.74, 6) is -0.466. The number of carbonyl (C=O) groups excluding carboxylic acids is 2. The summed E-state index contributed by atoms with van der Waals surface area (Å²) in [6, 6.07) is 8.14. The molecular formula is C23H28N4O3. The van der Waals surface area contributed by atoms with Gasteiger partial charge in [0.15, 0.2) is 12.3 Å². The maximum Gasteiger partial charge on any atom is 0.306 e. The molecule has 0 spiro atoms. The zero-order valence-corrected chi connectivity index (χ0v) is 17.9. The Morgan fingerprint density at radius 3 is 2.80 bits per heavy atom. The first-order valence-corrected chi connectivity index (χ1v) is 10.6. The number of carbonyl (C=O) groups is 2. The number of esters is 1. The van der Waals surface area contributed by atoms with Gasteiger partial charge in [0.05, 0.1) is 5.52 Å². The lowest BCUT2D eigenvalue weighted by molar-refractivity contribution is -0.153. The number of ether oxygens (including phenoxy) is 1. The Balaban J connectivity index is 1.41. The lowest BCUT2D eigenvalue weighted by Crippen LogP contribution is -2.44. The molecule has 1 amide bonds. The molecule has 1 aromatic carbocycles. The second-order valence-electron chi connectivity index (χ2n) is 8.11. The van der Waals surface area contributed by atoms with E-state index < -0.39 is 0 Å². The van der Waals surface area contributed by atoms with Gasteiger partial charge in [-0.1, -0.05) is 12.1 Å². The van der Waals surface area contributed by atoms with Crippen LogP contribution in [0.25, 0.3) is 16.6 Å². The number of piperidine rings is 1. The van der Waals surface area contributed by atoms with Gasteiger partial charge >= 0.3 is 5.97 Å². The van der Waals surface area contributed by atoms with Crippen LogP contribution in [-0.4, -0.2) is 50.6 Å². The van der Waals surface area contributed by atoms with Gasteiger partial charge in [0, 0.05) is 35.8 Å². The second kappa shape index (κ2) is 8.42. The van der Waals surface area contributed by atoms with E-state index in [9.17, 15) is 9.59 Å². The third kappa shape index (κ3) is 3.88. The summed E-state index contributed by atoms with van der Waals surface area (Å²) in [5, 5.41) is 5.66. The summed E-state index contributed by atoms with van der Waals surface area (Å²) in [6.07, 6.45) is 3.88. The van der Waals surface area contributed by atoms with Crippen LogP contribution in [-0.2, 0) is 20.7 Å². The molecule has 1 fully saturated rings. The number of aromatic nitrogens is 3. The highest BCUT2D eigenvalue weighted by Crippen LogP contribution is 2.23. The van der Waals surface area contributed by atoms with Crippen molar-refractivity contribution in [2.24, 2.45) is 0 Å². The van der Waals surface area contributed by atoms with Crippen molar-refractivity contribution in [2.45, 2.75) is 58.9 Å². The van der Waals surface area contributed by atoms with Gasteiger partial charge in [-0.05, 0) is 64.2 Å². The Labute approximate surface area is 176 Å².